The summed E-state index contributed by atoms with van der Waals surface area (Å²) in [6.07, 6.45) is 15.4. The Hall–Kier alpha value is -12.9. The number of carbonyl (C=O) groups excluding carboxylic acids is 4. The molecule has 35 nitrogen and oxygen atoms in total. The Morgan fingerprint density at radius 3 is 1.36 bits per heavy atom. The van der Waals surface area contributed by atoms with Gasteiger partial charge in [-0.3, -0.25) is 50.3 Å². The largest absolute Gasteiger partial charge is 0.480 e. The molecule has 0 atom stereocenters. The van der Waals surface area contributed by atoms with E-state index in [1.54, 1.807) is 87.2 Å². The molecule has 12 heterocycles. The van der Waals surface area contributed by atoms with Gasteiger partial charge in [0.15, 0.2) is 11.6 Å². The molecule has 0 saturated carbocycles. The number of anilines is 3. The first-order valence-corrected chi connectivity index (χ1v) is 37.2. The fourth-order valence-electron chi connectivity index (χ4n) is 13.0. The first-order valence-electron chi connectivity index (χ1n) is 37.2. The van der Waals surface area contributed by atoms with Crippen LogP contribution in [0.3, 0.4) is 0 Å². The van der Waals surface area contributed by atoms with E-state index < -0.39 is 36.7 Å². The van der Waals surface area contributed by atoms with E-state index in [1.165, 1.54) is 18.3 Å². The number of hydrogen-bond acceptors (Lipinski definition) is 27. The summed E-state index contributed by atoms with van der Waals surface area (Å²) in [7, 11) is 0. The number of fused-ring (bicyclic) bond motifs is 3. The van der Waals surface area contributed by atoms with Gasteiger partial charge < -0.3 is 48.6 Å². The first-order chi connectivity index (χ1) is 55.5. The molecular formula is C78H85FN24O11. The van der Waals surface area contributed by atoms with Gasteiger partial charge in [0, 0.05) is 173 Å². The highest BCUT2D eigenvalue weighted by Crippen LogP contribution is 2.37. The lowest BCUT2D eigenvalue weighted by atomic mass is 10.0. The van der Waals surface area contributed by atoms with Crippen molar-refractivity contribution in [2.24, 2.45) is 0 Å². The predicted octanol–water partition coefficient (Wildman–Crippen LogP) is 9.59. The third-order valence-corrected chi connectivity index (χ3v) is 18.6. The van der Waals surface area contributed by atoms with Crippen LogP contribution in [-0.2, 0) is 52.9 Å². The van der Waals surface area contributed by atoms with E-state index in [0.29, 0.717) is 109 Å². The molecule has 3 saturated heterocycles. The number of amides is 4. The molecule has 4 amide bonds. The number of aromatic amines is 3. The molecule has 7 N–H and O–H groups in total. The van der Waals surface area contributed by atoms with Gasteiger partial charge in [0.05, 0.1) is 68.4 Å². The van der Waals surface area contributed by atoms with Crippen molar-refractivity contribution in [1.82, 2.24) is 104 Å². The Balaban J connectivity index is 0.000000150. The highest BCUT2D eigenvalue weighted by atomic mass is 19.1. The number of pyridine rings is 2. The molecule has 12 aromatic rings. The molecule has 3 aromatic carbocycles. The van der Waals surface area contributed by atoms with E-state index in [0.717, 1.165) is 108 Å². The molecule has 114 heavy (non-hydrogen) atoms. The second-order valence-corrected chi connectivity index (χ2v) is 26.7. The standard InChI is InChI=1S/C28H30N8O6.C26H31N9O2.C24H24FN7O3/c1-2-42-28(40)34-27-32-22-13-19(12-21(25(22)33-27)26-29-6-3-7-30-26)18-4-5-20(31-14-18)15-35-8-10-36(11-9-35)23(37)16-41-17-24(38)39;1-4-37-26(36)33-25-31-21-13-18(12-20(23(21)32-25)24-27-6-5-7-28-24)19-14-29-22(30-15-19)16-34-8-10-35(11-9-34)17(2)3;1-2-35-24(33)31-23-29-19-11-15(10-17(22(19)30-23)21-18(25)4-3-5-26-21)16-12-27-20(28-13-16)14-32-6-8-34-9-7-32/h3-7,12-14H,2,8-11,15-17H2,1H3,(H,38,39)(H2,32,33,34,40);5-7,12-15,17H,4,8-11,16H2,1-3H3,(H2,31,32,33,36);3-5,10-13H,2,6-9,14H2,1H3,(H2,29,30,31,33). The molecule has 9 aromatic heterocycles. The van der Waals surface area contributed by atoms with Crippen LogP contribution in [0.15, 0.2) is 135 Å². The van der Waals surface area contributed by atoms with Crippen molar-refractivity contribution in [2.75, 3.05) is 128 Å². The Bertz CT molecular complexity index is 5270. The van der Waals surface area contributed by atoms with Crippen molar-refractivity contribution in [3.8, 4) is 67.4 Å². The van der Waals surface area contributed by atoms with Gasteiger partial charge in [-0.25, -0.2) is 78.4 Å². The van der Waals surface area contributed by atoms with E-state index in [9.17, 15) is 28.4 Å². The average molecular weight is 1550 g/mol. The molecule has 0 unspecified atom stereocenters. The van der Waals surface area contributed by atoms with E-state index in [4.69, 9.17) is 28.8 Å². The summed E-state index contributed by atoms with van der Waals surface area (Å²) in [5, 5.41) is 16.4. The number of halogens is 1. The zero-order valence-corrected chi connectivity index (χ0v) is 63.4. The number of benzene rings is 3. The summed E-state index contributed by atoms with van der Waals surface area (Å²) in [5.41, 5.74) is 11.6. The molecule has 15 rings (SSSR count). The second-order valence-electron chi connectivity index (χ2n) is 26.7. The van der Waals surface area contributed by atoms with Crippen molar-refractivity contribution in [1.29, 1.82) is 0 Å². The van der Waals surface area contributed by atoms with Crippen molar-refractivity contribution >= 4 is 81.1 Å². The van der Waals surface area contributed by atoms with Crippen molar-refractivity contribution < 1.29 is 57.2 Å². The number of carbonyl (C=O) groups is 5. The fourth-order valence-corrected chi connectivity index (χ4v) is 13.0. The molecule has 590 valence electrons. The third-order valence-electron chi connectivity index (χ3n) is 18.6. The number of nitrogens with zero attached hydrogens (tertiary/aromatic N) is 18. The highest BCUT2D eigenvalue weighted by molar-refractivity contribution is 6.00. The average Bonchev–Trinajstić information content (AvgIpc) is 1.49. The summed E-state index contributed by atoms with van der Waals surface area (Å²) in [5.74, 6) is 1.47. The van der Waals surface area contributed by atoms with Crippen LogP contribution in [0.5, 0.6) is 0 Å². The number of hydrogen-bond donors (Lipinski definition) is 7. The minimum Gasteiger partial charge on any atom is -0.480 e. The molecule has 3 fully saturated rings. The number of H-pyrrole nitrogens is 3. The van der Waals surface area contributed by atoms with Crippen LogP contribution in [0.25, 0.3) is 101 Å². The number of carboxylic acids is 1. The van der Waals surface area contributed by atoms with Crippen molar-refractivity contribution in [3.63, 3.8) is 0 Å². The molecule has 0 radical (unpaired) electrons. The van der Waals surface area contributed by atoms with Crippen LogP contribution in [-0.4, -0.2) is 257 Å². The van der Waals surface area contributed by atoms with Gasteiger partial charge in [0.1, 0.15) is 52.9 Å². The van der Waals surface area contributed by atoms with Gasteiger partial charge >= 0.3 is 24.2 Å². The fraction of sp³-hybridized carbons (Fsp3) is 0.333. The monoisotopic (exact) mass is 1550 g/mol. The third kappa shape index (κ3) is 20.6. The predicted molar refractivity (Wildman–Crippen MR) is 419 cm³/mol. The molecule has 3 aliphatic heterocycles. The van der Waals surface area contributed by atoms with E-state index in [1.807, 2.05) is 54.9 Å². The van der Waals surface area contributed by atoms with Gasteiger partial charge in [0.25, 0.3) is 0 Å². The topological polar surface area (TPSA) is 419 Å². The zero-order valence-electron chi connectivity index (χ0n) is 63.4. The van der Waals surface area contributed by atoms with E-state index >= 15 is 0 Å². The number of imidazole rings is 3. The lowest BCUT2D eigenvalue weighted by Crippen LogP contribution is -2.49. The van der Waals surface area contributed by atoms with Crippen LogP contribution < -0.4 is 16.0 Å². The number of nitrogens with one attached hydrogen (secondary N) is 6. The SMILES string of the molecule is CCOC(=O)Nc1nc2c(-c3ncccc3F)cc(-c3cnc(CN4CCOCC4)nc3)cc2[nH]1.CCOC(=O)Nc1nc2c(-c3ncccn3)cc(-c3ccc(CN4CCN(C(=O)COCC(=O)O)CC4)nc3)cc2[nH]1.CCOC(=O)Nc1nc2c(-c3ncccn3)cc(-c3cnc(CN4CCN(C(C)C)CC4)nc3)cc2[nH]1. The van der Waals surface area contributed by atoms with Crippen molar-refractivity contribution in [3.05, 3.63) is 158 Å². The van der Waals surface area contributed by atoms with Gasteiger partial charge in [-0.1, -0.05) is 6.07 Å². The molecule has 0 aliphatic carbocycles. The number of rotatable bonds is 23. The molecule has 0 spiro atoms. The number of carboxylic acid groups (broad SMARTS) is 1. The lowest BCUT2D eigenvalue weighted by Gasteiger charge is -2.36. The van der Waals surface area contributed by atoms with Crippen LogP contribution >= 0.6 is 0 Å². The number of aliphatic carboxylic acids is 1. The maximum Gasteiger partial charge on any atom is 0.413 e. The summed E-state index contributed by atoms with van der Waals surface area (Å²) < 4.78 is 39.9. The number of aromatic nitrogens is 16. The number of piperazine rings is 2. The van der Waals surface area contributed by atoms with E-state index in [2.05, 4.69) is 129 Å². The minimum atomic E-state index is -1.10. The lowest BCUT2D eigenvalue weighted by molar-refractivity contribution is -0.146. The van der Waals surface area contributed by atoms with Gasteiger partial charge in [-0.2, -0.15) is 0 Å². The van der Waals surface area contributed by atoms with Crippen LogP contribution in [0.2, 0.25) is 0 Å². The quantitative estimate of drug-likeness (QED) is 0.0293. The summed E-state index contributed by atoms with van der Waals surface area (Å²) in [6.45, 7) is 21.4. The number of ether oxygens (including phenoxy) is 5. The summed E-state index contributed by atoms with van der Waals surface area (Å²) in [6, 6.07) is 22.3. The summed E-state index contributed by atoms with van der Waals surface area (Å²) in [4.78, 5) is 137. The smallest absolute Gasteiger partial charge is 0.413 e. The normalized spacial score (nSPS) is 14.2. The van der Waals surface area contributed by atoms with E-state index in [-0.39, 0.29) is 55.9 Å². The second kappa shape index (κ2) is 37.9. The van der Waals surface area contributed by atoms with Crippen LogP contribution in [0.4, 0.5) is 36.6 Å². The maximum atomic E-state index is 14.7. The highest BCUT2D eigenvalue weighted by Gasteiger charge is 2.26. The van der Waals surface area contributed by atoms with Crippen LogP contribution in [0, 0.1) is 5.82 Å². The minimum absolute atomic E-state index is 0.151. The van der Waals surface area contributed by atoms with Gasteiger partial charge in [0.2, 0.25) is 23.8 Å². The molecule has 0 bridgehead atoms. The first kappa shape index (κ1) is 79.2. The Kier molecular flexibility index (Phi) is 26.3. The molecule has 36 heteroatoms. The molecule has 3 aliphatic rings. The number of morpholine rings is 1. The summed E-state index contributed by atoms with van der Waals surface area (Å²) >= 11 is 0. The Labute approximate surface area is 653 Å². The Morgan fingerprint density at radius 2 is 0.912 bits per heavy atom. The van der Waals surface area contributed by atoms with Crippen LogP contribution in [0.1, 0.15) is 52.0 Å². The molecular weight excluding hydrogens is 1470 g/mol. The zero-order chi connectivity index (χ0) is 79.5. The Morgan fingerprint density at radius 1 is 0.482 bits per heavy atom. The maximum absolute atomic E-state index is 14.7. The van der Waals surface area contributed by atoms with Gasteiger partial charge in [-0.15, -0.1) is 0 Å². The van der Waals surface area contributed by atoms with Gasteiger partial charge in [-0.05, 0) is 118 Å². The van der Waals surface area contributed by atoms with Crippen molar-refractivity contribution in [2.45, 2.75) is 60.3 Å².